The maximum atomic E-state index is 13.1. The Morgan fingerprint density at radius 3 is 2.24 bits per heavy atom. The highest BCUT2D eigenvalue weighted by atomic mass is 32.2. The minimum Gasteiger partial charge on any atom is -0.473 e. The van der Waals surface area contributed by atoms with Gasteiger partial charge in [-0.25, -0.2) is 22.4 Å². The standard InChI is InChI=1S/C23H29FN2O4S.C2H2O4/c24-19-8-10-21(11-9-19)31(28,29)26-14-12-25(13-15-26)16-20(27)17-30-23-7-3-5-18-4-1-2-6-22(18)23;3-1(4)2(5)6/h1-2,4,6,8-11,20,23,27H,3,5,7,12-17H2;(H,3,4)(H,5,6). The zero-order chi connectivity index (χ0) is 27.0. The summed E-state index contributed by atoms with van der Waals surface area (Å²) in [6.07, 6.45) is 2.52. The van der Waals surface area contributed by atoms with Gasteiger partial charge in [-0.3, -0.25) is 4.90 Å². The number of aliphatic hydroxyl groups excluding tert-OH is 1. The number of carboxylic acid groups (broad SMARTS) is 2. The summed E-state index contributed by atoms with van der Waals surface area (Å²) in [5, 5.41) is 25.3. The van der Waals surface area contributed by atoms with Crippen molar-refractivity contribution in [1.29, 1.82) is 0 Å². The van der Waals surface area contributed by atoms with E-state index < -0.39 is 33.9 Å². The predicted octanol–water partition coefficient (Wildman–Crippen LogP) is 1.74. The van der Waals surface area contributed by atoms with Gasteiger partial charge in [0.25, 0.3) is 0 Å². The topological polar surface area (TPSA) is 145 Å². The number of fused-ring (bicyclic) bond motifs is 1. The highest BCUT2D eigenvalue weighted by molar-refractivity contribution is 7.89. The first kappa shape index (κ1) is 28.7. The molecule has 1 fully saturated rings. The minimum absolute atomic E-state index is 0.0253. The quantitative estimate of drug-likeness (QED) is 0.449. The molecule has 4 rings (SSSR count). The average molecular weight is 539 g/mol. The average Bonchev–Trinajstić information content (AvgIpc) is 2.88. The van der Waals surface area contributed by atoms with Crippen molar-refractivity contribution in [3.05, 3.63) is 65.5 Å². The molecule has 2 aromatic carbocycles. The van der Waals surface area contributed by atoms with E-state index in [0.29, 0.717) is 32.7 Å². The summed E-state index contributed by atoms with van der Waals surface area (Å²) in [7, 11) is -3.63. The highest BCUT2D eigenvalue weighted by Crippen LogP contribution is 2.32. The Morgan fingerprint density at radius 1 is 1.00 bits per heavy atom. The molecule has 0 radical (unpaired) electrons. The maximum absolute atomic E-state index is 13.1. The smallest absolute Gasteiger partial charge is 0.414 e. The lowest BCUT2D eigenvalue weighted by Crippen LogP contribution is -2.50. The molecule has 0 amide bonds. The van der Waals surface area contributed by atoms with Crippen LogP contribution in [0.25, 0.3) is 0 Å². The Morgan fingerprint density at radius 2 is 1.62 bits per heavy atom. The van der Waals surface area contributed by atoms with E-state index in [1.54, 1.807) is 0 Å². The minimum atomic E-state index is -3.63. The van der Waals surface area contributed by atoms with Crippen LogP contribution in [0.4, 0.5) is 4.39 Å². The van der Waals surface area contributed by atoms with Crippen molar-refractivity contribution in [2.45, 2.75) is 36.4 Å². The second-order valence-corrected chi connectivity index (χ2v) is 10.8. The van der Waals surface area contributed by atoms with Gasteiger partial charge in [0.1, 0.15) is 5.82 Å². The molecule has 202 valence electrons. The molecule has 12 heteroatoms. The summed E-state index contributed by atoms with van der Waals surface area (Å²) in [6, 6.07) is 13.2. The van der Waals surface area contributed by atoms with Crippen LogP contribution in [0.2, 0.25) is 0 Å². The van der Waals surface area contributed by atoms with Crippen LogP contribution in [0.1, 0.15) is 30.1 Å². The molecule has 2 aliphatic rings. The zero-order valence-electron chi connectivity index (χ0n) is 20.2. The molecule has 1 saturated heterocycles. The third-order valence-corrected chi connectivity index (χ3v) is 8.15. The molecule has 2 aromatic rings. The first-order valence-corrected chi connectivity index (χ1v) is 13.3. The molecule has 0 saturated carbocycles. The Labute approximate surface area is 214 Å². The fourth-order valence-corrected chi connectivity index (χ4v) is 5.79. The van der Waals surface area contributed by atoms with Crippen molar-refractivity contribution in [3.8, 4) is 0 Å². The third kappa shape index (κ3) is 8.04. The number of aryl methyl sites for hydroxylation is 1. The van der Waals surface area contributed by atoms with Crippen LogP contribution in [-0.2, 0) is 30.8 Å². The maximum Gasteiger partial charge on any atom is 0.414 e. The van der Waals surface area contributed by atoms with Gasteiger partial charge in [-0.05, 0) is 54.7 Å². The summed E-state index contributed by atoms with van der Waals surface area (Å²) in [5.41, 5.74) is 2.55. The largest absolute Gasteiger partial charge is 0.473 e. The molecular weight excluding hydrogens is 507 g/mol. The fourth-order valence-electron chi connectivity index (χ4n) is 4.37. The summed E-state index contributed by atoms with van der Waals surface area (Å²) < 4.78 is 46.0. The molecule has 1 heterocycles. The number of hydrogen-bond acceptors (Lipinski definition) is 7. The number of benzene rings is 2. The van der Waals surface area contributed by atoms with Crippen molar-refractivity contribution in [3.63, 3.8) is 0 Å². The zero-order valence-corrected chi connectivity index (χ0v) is 21.0. The number of aliphatic hydroxyl groups is 1. The number of sulfonamides is 1. The predicted molar refractivity (Wildman–Crippen MR) is 131 cm³/mol. The monoisotopic (exact) mass is 538 g/mol. The lowest BCUT2D eigenvalue weighted by molar-refractivity contribution is -0.159. The molecule has 1 aliphatic heterocycles. The van der Waals surface area contributed by atoms with Crippen molar-refractivity contribution in [1.82, 2.24) is 9.21 Å². The first-order chi connectivity index (χ1) is 17.6. The molecule has 37 heavy (non-hydrogen) atoms. The molecule has 0 bridgehead atoms. The molecule has 0 aromatic heterocycles. The SMILES string of the molecule is O=C(O)C(=O)O.O=S(=O)(c1ccc(F)cc1)N1CCN(CC(O)COC2CCCc3ccccc32)CC1. The Kier molecular flexibility index (Phi) is 10.1. The Bertz CT molecular complexity index is 1160. The van der Waals surface area contributed by atoms with Crippen molar-refractivity contribution >= 4 is 22.0 Å². The fraction of sp³-hybridized carbons (Fsp3) is 0.440. The van der Waals surface area contributed by atoms with Crippen LogP contribution < -0.4 is 0 Å². The van der Waals surface area contributed by atoms with Gasteiger partial charge in [-0.15, -0.1) is 0 Å². The van der Waals surface area contributed by atoms with E-state index in [1.807, 2.05) is 12.1 Å². The van der Waals surface area contributed by atoms with E-state index in [2.05, 4.69) is 17.0 Å². The number of aliphatic carboxylic acids is 2. The number of piperazine rings is 1. The number of nitrogens with zero attached hydrogens (tertiary/aromatic N) is 2. The van der Waals surface area contributed by atoms with Crippen LogP contribution in [0.3, 0.4) is 0 Å². The summed E-state index contributed by atoms with van der Waals surface area (Å²) in [4.78, 5) is 20.4. The Balaban J connectivity index is 0.000000568. The van der Waals surface area contributed by atoms with Crippen LogP contribution in [0.15, 0.2) is 53.4 Å². The molecule has 3 N–H and O–H groups in total. The van der Waals surface area contributed by atoms with Gasteiger partial charge in [-0.2, -0.15) is 4.31 Å². The highest BCUT2D eigenvalue weighted by Gasteiger charge is 2.29. The van der Waals surface area contributed by atoms with E-state index in [1.165, 1.54) is 27.6 Å². The molecular formula is C25H31FN2O8S. The van der Waals surface area contributed by atoms with Crippen LogP contribution in [0.5, 0.6) is 0 Å². The van der Waals surface area contributed by atoms with Crippen LogP contribution in [-0.4, -0.2) is 90.3 Å². The van der Waals surface area contributed by atoms with Gasteiger partial charge in [0.15, 0.2) is 0 Å². The molecule has 1 aliphatic carbocycles. The van der Waals surface area contributed by atoms with Crippen molar-refractivity contribution in [2.24, 2.45) is 0 Å². The molecule has 2 atom stereocenters. The number of ether oxygens (including phenoxy) is 1. The van der Waals surface area contributed by atoms with Crippen LogP contribution in [0, 0.1) is 5.82 Å². The van der Waals surface area contributed by atoms with Gasteiger partial charge < -0.3 is 20.1 Å². The van der Waals surface area contributed by atoms with Gasteiger partial charge in [0, 0.05) is 32.7 Å². The number of halogens is 1. The molecule has 10 nitrogen and oxygen atoms in total. The van der Waals surface area contributed by atoms with E-state index in [0.717, 1.165) is 31.4 Å². The van der Waals surface area contributed by atoms with Gasteiger partial charge >= 0.3 is 11.9 Å². The van der Waals surface area contributed by atoms with E-state index >= 15 is 0 Å². The summed E-state index contributed by atoms with van der Waals surface area (Å²) in [6.45, 7) is 2.44. The van der Waals surface area contributed by atoms with E-state index in [9.17, 15) is 17.9 Å². The van der Waals surface area contributed by atoms with Crippen molar-refractivity contribution in [2.75, 3.05) is 39.3 Å². The third-order valence-electron chi connectivity index (χ3n) is 6.24. The van der Waals surface area contributed by atoms with Gasteiger partial charge in [0.05, 0.1) is 23.7 Å². The lowest BCUT2D eigenvalue weighted by atomic mass is 9.89. The van der Waals surface area contributed by atoms with E-state index in [-0.39, 0.29) is 17.6 Å². The van der Waals surface area contributed by atoms with Gasteiger partial charge in [-0.1, -0.05) is 24.3 Å². The lowest BCUT2D eigenvalue weighted by Gasteiger charge is -2.35. The van der Waals surface area contributed by atoms with Crippen LogP contribution >= 0.6 is 0 Å². The second-order valence-electron chi connectivity index (χ2n) is 8.84. The molecule has 0 spiro atoms. The number of hydrogen-bond donors (Lipinski definition) is 3. The number of rotatable bonds is 7. The Hall–Kier alpha value is -2.90. The van der Waals surface area contributed by atoms with Gasteiger partial charge in [0.2, 0.25) is 10.0 Å². The summed E-state index contributed by atoms with van der Waals surface area (Å²) >= 11 is 0. The first-order valence-electron chi connectivity index (χ1n) is 11.9. The second kappa shape index (κ2) is 13.1. The summed E-state index contributed by atoms with van der Waals surface area (Å²) in [5.74, 6) is -4.11. The van der Waals surface area contributed by atoms with E-state index in [4.69, 9.17) is 24.5 Å². The molecule has 2 unspecified atom stereocenters. The normalized spacial score (nSPS) is 19.2. The number of β-amino-alcohol motifs (C(OH)–C–C–N with tert-alkyl or cyclic N) is 1. The van der Waals surface area contributed by atoms with Crippen molar-refractivity contribution < 1.29 is 42.5 Å². The number of carboxylic acids is 2. The number of carbonyl (C=O) groups is 2.